The van der Waals surface area contributed by atoms with Crippen LogP contribution in [0.15, 0.2) is 88.7 Å². The van der Waals surface area contributed by atoms with E-state index in [0.717, 1.165) is 16.7 Å². The molecular formula is C26H28O9S2. The van der Waals surface area contributed by atoms with Gasteiger partial charge in [-0.05, 0) is 43.7 Å². The first kappa shape index (κ1) is 27.4. The zero-order valence-electron chi connectivity index (χ0n) is 20.3. The zero-order valence-corrected chi connectivity index (χ0v) is 21.9. The van der Waals surface area contributed by atoms with Gasteiger partial charge < -0.3 is 14.6 Å². The highest BCUT2D eigenvalue weighted by Gasteiger charge is 2.49. The monoisotopic (exact) mass is 548 g/mol. The van der Waals surface area contributed by atoms with Crippen molar-refractivity contribution >= 4 is 20.2 Å². The summed E-state index contributed by atoms with van der Waals surface area (Å²) in [7, 11) is -8.51. The molecule has 1 fully saturated rings. The summed E-state index contributed by atoms with van der Waals surface area (Å²) >= 11 is 0. The molecule has 198 valence electrons. The maximum atomic E-state index is 13.1. The molecule has 0 aromatic heterocycles. The largest absolute Gasteiger partial charge is 0.366 e. The highest BCUT2D eigenvalue weighted by atomic mass is 32.2. The van der Waals surface area contributed by atoms with Gasteiger partial charge in [0.15, 0.2) is 6.29 Å². The third-order valence-electron chi connectivity index (χ3n) is 5.82. The van der Waals surface area contributed by atoms with Gasteiger partial charge >= 0.3 is 0 Å². The highest BCUT2D eigenvalue weighted by Crippen LogP contribution is 2.30. The maximum absolute atomic E-state index is 13.1. The van der Waals surface area contributed by atoms with Crippen molar-refractivity contribution in [3.63, 3.8) is 0 Å². The Bertz CT molecular complexity index is 1390. The molecule has 0 bridgehead atoms. The Morgan fingerprint density at radius 1 is 0.757 bits per heavy atom. The van der Waals surface area contributed by atoms with E-state index in [4.69, 9.17) is 17.8 Å². The summed E-state index contributed by atoms with van der Waals surface area (Å²) in [5.74, 6) is 0. The number of ether oxygens (including phenoxy) is 2. The fourth-order valence-corrected chi connectivity index (χ4v) is 5.76. The van der Waals surface area contributed by atoms with Gasteiger partial charge in [-0.1, -0.05) is 65.7 Å². The Morgan fingerprint density at radius 3 is 1.86 bits per heavy atom. The summed E-state index contributed by atoms with van der Waals surface area (Å²) in [6.45, 7) is 3.06. The molecule has 37 heavy (non-hydrogen) atoms. The van der Waals surface area contributed by atoms with E-state index >= 15 is 0 Å². The minimum Gasteiger partial charge on any atom is -0.366 e. The van der Waals surface area contributed by atoms with Gasteiger partial charge in [-0.15, -0.1) is 0 Å². The molecule has 1 heterocycles. The van der Waals surface area contributed by atoms with Gasteiger partial charge in [-0.25, -0.2) is 0 Å². The van der Waals surface area contributed by atoms with Gasteiger partial charge in [0.2, 0.25) is 0 Å². The van der Waals surface area contributed by atoms with Gasteiger partial charge in [0.05, 0.1) is 23.0 Å². The second kappa shape index (κ2) is 11.4. The van der Waals surface area contributed by atoms with Crippen LogP contribution in [0.2, 0.25) is 0 Å². The van der Waals surface area contributed by atoms with Gasteiger partial charge in [-0.3, -0.25) is 8.37 Å². The third kappa shape index (κ3) is 6.82. The van der Waals surface area contributed by atoms with E-state index in [1.807, 2.05) is 32.0 Å². The Morgan fingerprint density at radius 2 is 1.30 bits per heavy atom. The van der Waals surface area contributed by atoms with Gasteiger partial charge in [0.1, 0.15) is 18.3 Å². The van der Waals surface area contributed by atoms with Crippen molar-refractivity contribution < 1.29 is 39.8 Å². The molecule has 0 aliphatic carbocycles. The first-order valence-corrected chi connectivity index (χ1v) is 14.3. The van der Waals surface area contributed by atoms with Crippen LogP contribution in [0.3, 0.4) is 0 Å². The van der Waals surface area contributed by atoms with Crippen molar-refractivity contribution in [2.24, 2.45) is 0 Å². The molecular weight excluding hydrogens is 520 g/mol. The zero-order chi connectivity index (χ0) is 26.6. The number of aliphatic hydroxyl groups is 1. The molecule has 0 unspecified atom stereocenters. The lowest BCUT2D eigenvalue weighted by atomic mass is 10.1. The van der Waals surface area contributed by atoms with E-state index in [1.165, 1.54) is 24.3 Å². The number of rotatable bonds is 10. The van der Waals surface area contributed by atoms with Crippen molar-refractivity contribution in [2.45, 2.75) is 54.8 Å². The van der Waals surface area contributed by atoms with Crippen LogP contribution in [-0.4, -0.2) is 53.2 Å². The second-order valence-corrected chi connectivity index (χ2v) is 11.9. The Kier molecular flexibility index (Phi) is 8.44. The van der Waals surface area contributed by atoms with Crippen molar-refractivity contribution in [1.82, 2.24) is 0 Å². The first-order chi connectivity index (χ1) is 17.5. The Labute approximate surface area is 216 Å². The molecule has 3 aromatic carbocycles. The van der Waals surface area contributed by atoms with Crippen LogP contribution >= 0.6 is 0 Å². The third-order valence-corrected chi connectivity index (χ3v) is 8.44. The molecule has 1 aliphatic heterocycles. The number of hydrogen-bond acceptors (Lipinski definition) is 9. The summed E-state index contributed by atoms with van der Waals surface area (Å²) in [6.07, 6.45) is -5.48. The fraction of sp³-hybridized carbons (Fsp3) is 0.308. The van der Waals surface area contributed by atoms with Gasteiger partial charge in [0.25, 0.3) is 20.2 Å². The Balaban J connectivity index is 1.56. The maximum Gasteiger partial charge on any atom is 0.297 e. The fourth-order valence-electron chi connectivity index (χ4n) is 3.74. The normalized spacial score (nSPS) is 22.2. The van der Waals surface area contributed by atoms with E-state index in [0.29, 0.717) is 0 Å². The molecule has 0 amide bonds. The molecule has 4 atom stereocenters. The molecule has 1 aliphatic rings. The number of aliphatic hydroxyl groups excluding tert-OH is 1. The lowest BCUT2D eigenvalue weighted by molar-refractivity contribution is -0.148. The summed E-state index contributed by atoms with van der Waals surface area (Å²) in [5.41, 5.74) is 2.50. The highest BCUT2D eigenvalue weighted by molar-refractivity contribution is 7.87. The predicted molar refractivity (Wildman–Crippen MR) is 133 cm³/mol. The molecule has 11 heteroatoms. The van der Waals surface area contributed by atoms with Crippen molar-refractivity contribution in [2.75, 3.05) is 6.61 Å². The summed E-state index contributed by atoms with van der Waals surface area (Å²) in [5, 5.41) is 10.6. The minimum atomic E-state index is -4.32. The quantitative estimate of drug-likeness (QED) is 0.381. The number of hydrogen-bond donors (Lipinski definition) is 1. The average molecular weight is 549 g/mol. The summed E-state index contributed by atoms with van der Waals surface area (Å²) < 4.78 is 73.4. The smallest absolute Gasteiger partial charge is 0.297 e. The topological polar surface area (TPSA) is 125 Å². The SMILES string of the molecule is Cc1ccc(S(=O)(=O)OC[C@@H]2O[C@@H](O)[C@@H](OCc3ccccc3)[C@@H]2OS(=O)(=O)c2ccc(C)cc2)cc1. The predicted octanol–water partition coefficient (Wildman–Crippen LogP) is 3.09. The van der Waals surface area contributed by atoms with Crippen molar-refractivity contribution in [1.29, 1.82) is 0 Å². The molecule has 3 aromatic rings. The van der Waals surface area contributed by atoms with E-state index in [9.17, 15) is 21.9 Å². The summed E-state index contributed by atoms with van der Waals surface area (Å²) in [4.78, 5) is -0.175. The summed E-state index contributed by atoms with van der Waals surface area (Å²) in [6, 6.07) is 21.1. The molecule has 1 saturated heterocycles. The van der Waals surface area contributed by atoms with Crippen LogP contribution in [0.5, 0.6) is 0 Å². The van der Waals surface area contributed by atoms with Crippen LogP contribution < -0.4 is 0 Å². The van der Waals surface area contributed by atoms with Gasteiger partial charge in [-0.2, -0.15) is 16.8 Å². The van der Waals surface area contributed by atoms with Crippen LogP contribution in [-0.2, 0) is 44.7 Å². The number of benzene rings is 3. The van der Waals surface area contributed by atoms with Crippen LogP contribution in [0, 0.1) is 13.8 Å². The molecule has 9 nitrogen and oxygen atoms in total. The van der Waals surface area contributed by atoms with E-state index in [1.54, 1.807) is 36.4 Å². The van der Waals surface area contributed by atoms with Crippen molar-refractivity contribution in [3.8, 4) is 0 Å². The van der Waals surface area contributed by atoms with E-state index in [-0.39, 0.29) is 16.4 Å². The van der Waals surface area contributed by atoms with E-state index < -0.39 is 51.4 Å². The molecule has 0 saturated carbocycles. The average Bonchev–Trinajstić information content (AvgIpc) is 3.16. The van der Waals surface area contributed by atoms with Crippen LogP contribution in [0.1, 0.15) is 16.7 Å². The van der Waals surface area contributed by atoms with Crippen LogP contribution in [0.25, 0.3) is 0 Å². The lowest BCUT2D eigenvalue weighted by Crippen LogP contribution is -2.40. The lowest BCUT2D eigenvalue weighted by Gasteiger charge is -2.23. The standard InChI is InChI=1S/C26H28O9S2/c1-18-8-12-21(13-9-18)36(28,29)33-17-23-24(35-37(30,31)22-14-10-19(2)11-15-22)25(26(27)34-23)32-16-20-6-4-3-5-7-20/h3-15,23-27H,16-17H2,1-2H3/t23-,24+,25-,26+/m0/s1. The van der Waals surface area contributed by atoms with E-state index in [2.05, 4.69) is 0 Å². The Hall–Kier alpha value is -2.64. The first-order valence-electron chi connectivity index (χ1n) is 11.5. The number of aryl methyl sites for hydroxylation is 2. The molecule has 0 radical (unpaired) electrons. The van der Waals surface area contributed by atoms with Gasteiger partial charge in [0, 0.05) is 0 Å². The van der Waals surface area contributed by atoms with Crippen molar-refractivity contribution in [3.05, 3.63) is 95.6 Å². The molecule has 4 rings (SSSR count). The molecule has 0 spiro atoms. The second-order valence-electron chi connectivity index (χ2n) is 8.71. The minimum absolute atomic E-state index is 0.0333. The van der Waals surface area contributed by atoms with Crippen LogP contribution in [0.4, 0.5) is 0 Å². The molecule has 1 N–H and O–H groups in total.